The van der Waals surface area contributed by atoms with Crippen LogP contribution in [0.15, 0.2) is 34.9 Å². The van der Waals surface area contributed by atoms with Gasteiger partial charge in [-0.25, -0.2) is 0 Å². The van der Waals surface area contributed by atoms with Gasteiger partial charge in [0.25, 0.3) is 0 Å². The number of aliphatic hydroxyl groups is 1. The van der Waals surface area contributed by atoms with Crippen LogP contribution in [0.4, 0.5) is 5.88 Å². The summed E-state index contributed by atoms with van der Waals surface area (Å²) in [6.07, 6.45) is 1.76. The van der Waals surface area contributed by atoms with Crippen LogP contribution in [0, 0.1) is 6.92 Å². The molecule has 1 saturated heterocycles. The van der Waals surface area contributed by atoms with Crippen LogP contribution in [0.1, 0.15) is 31.0 Å². The van der Waals surface area contributed by atoms with Crippen molar-refractivity contribution in [2.75, 3.05) is 25.5 Å². The van der Waals surface area contributed by atoms with Crippen molar-refractivity contribution in [2.24, 2.45) is 0 Å². The summed E-state index contributed by atoms with van der Waals surface area (Å²) < 4.78 is 10.2. The second-order valence-electron chi connectivity index (χ2n) is 6.89. The quantitative estimate of drug-likeness (QED) is 0.823. The molecule has 1 aliphatic heterocycles. The number of rotatable bonds is 6. The molecule has 7 nitrogen and oxygen atoms in total. The van der Waals surface area contributed by atoms with E-state index in [0.717, 1.165) is 30.7 Å². The van der Waals surface area contributed by atoms with Crippen LogP contribution >= 0.6 is 0 Å². The molecule has 7 heteroatoms. The van der Waals surface area contributed by atoms with E-state index in [4.69, 9.17) is 9.26 Å². The van der Waals surface area contributed by atoms with Crippen molar-refractivity contribution in [3.63, 3.8) is 0 Å². The summed E-state index contributed by atoms with van der Waals surface area (Å²) in [7, 11) is 1.61. The van der Waals surface area contributed by atoms with Crippen LogP contribution in [-0.2, 0) is 10.4 Å². The predicted molar refractivity (Wildman–Crippen MR) is 97.0 cm³/mol. The molecule has 1 fully saturated rings. The van der Waals surface area contributed by atoms with Crippen LogP contribution in [0.3, 0.4) is 0 Å². The lowest BCUT2D eigenvalue weighted by atomic mass is 9.86. The van der Waals surface area contributed by atoms with Crippen molar-refractivity contribution >= 4 is 11.8 Å². The van der Waals surface area contributed by atoms with E-state index in [2.05, 4.69) is 10.5 Å². The maximum Gasteiger partial charge on any atom is 0.240 e. The fourth-order valence-electron chi connectivity index (χ4n) is 3.56. The number of benzene rings is 1. The summed E-state index contributed by atoms with van der Waals surface area (Å²) in [6.45, 7) is 4.55. The molecular formula is C19H25N3O4. The minimum absolute atomic E-state index is 0.141. The number of aromatic nitrogens is 1. The lowest BCUT2D eigenvalue weighted by Crippen LogP contribution is -2.48. The molecule has 1 aromatic heterocycles. The van der Waals surface area contributed by atoms with E-state index in [1.807, 2.05) is 29.2 Å². The van der Waals surface area contributed by atoms with Gasteiger partial charge in [0, 0.05) is 12.1 Å². The SMILES string of the molecule is COc1ccc([C@@](C)(O)[C@H]2CCCN2CC(=O)Nc2cc(C)no2)cc1. The molecular weight excluding hydrogens is 334 g/mol. The van der Waals surface area contributed by atoms with E-state index in [1.54, 1.807) is 27.0 Å². The Balaban J connectivity index is 1.68. The number of methoxy groups -OCH3 is 1. The Bertz CT molecular complexity index is 754. The van der Waals surface area contributed by atoms with Gasteiger partial charge >= 0.3 is 0 Å². The molecule has 0 radical (unpaired) electrons. The highest BCUT2D eigenvalue weighted by molar-refractivity contribution is 5.91. The first-order chi connectivity index (χ1) is 12.4. The summed E-state index contributed by atoms with van der Waals surface area (Å²) >= 11 is 0. The summed E-state index contributed by atoms with van der Waals surface area (Å²) in [5, 5.41) is 17.6. The molecule has 2 aromatic rings. The average molecular weight is 359 g/mol. The largest absolute Gasteiger partial charge is 0.497 e. The summed E-state index contributed by atoms with van der Waals surface area (Å²) in [4.78, 5) is 14.3. The third-order valence-corrected chi connectivity index (χ3v) is 4.92. The zero-order chi connectivity index (χ0) is 18.7. The van der Waals surface area contributed by atoms with Crippen LogP contribution in [0.5, 0.6) is 5.75 Å². The molecule has 0 saturated carbocycles. The molecule has 2 N–H and O–H groups in total. The standard InChI is InChI=1S/C19H25N3O4/c1-13-11-18(26-21-13)20-17(23)12-22-10-4-5-16(22)19(2,24)14-6-8-15(25-3)9-7-14/h6-9,11,16,24H,4-5,10,12H2,1-3H3,(H,20,23)/t16-,19-/m1/s1. The molecule has 0 spiro atoms. The summed E-state index contributed by atoms with van der Waals surface area (Å²) in [6, 6.07) is 8.94. The van der Waals surface area contributed by atoms with E-state index in [1.165, 1.54) is 0 Å². The average Bonchev–Trinajstić information content (AvgIpc) is 3.24. The number of nitrogens with zero attached hydrogens (tertiary/aromatic N) is 2. The van der Waals surface area contributed by atoms with Crippen molar-refractivity contribution in [2.45, 2.75) is 38.3 Å². The zero-order valence-corrected chi connectivity index (χ0v) is 15.4. The normalized spacial score (nSPS) is 19.9. The number of hydrogen-bond donors (Lipinski definition) is 2. The van der Waals surface area contributed by atoms with Gasteiger partial charge in [-0.2, -0.15) is 0 Å². The molecule has 1 amide bonds. The lowest BCUT2D eigenvalue weighted by Gasteiger charge is -2.36. The predicted octanol–water partition coefficient (Wildman–Crippen LogP) is 2.30. The lowest BCUT2D eigenvalue weighted by molar-refractivity contribution is -0.119. The molecule has 2 heterocycles. The van der Waals surface area contributed by atoms with Crippen LogP contribution in [0.25, 0.3) is 0 Å². The number of likely N-dealkylation sites (tertiary alicyclic amines) is 1. The van der Waals surface area contributed by atoms with Gasteiger partial charge in [0.1, 0.15) is 11.4 Å². The van der Waals surface area contributed by atoms with Gasteiger partial charge in [0.05, 0.1) is 19.3 Å². The minimum atomic E-state index is -1.06. The van der Waals surface area contributed by atoms with E-state index in [0.29, 0.717) is 11.6 Å². The third-order valence-electron chi connectivity index (χ3n) is 4.92. The Morgan fingerprint density at radius 3 is 2.81 bits per heavy atom. The van der Waals surface area contributed by atoms with Gasteiger partial charge in [-0.05, 0) is 50.9 Å². The maximum atomic E-state index is 12.3. The number of carbonyl (C=O) groups is 1. The van der Waals surface area contributed by atoms with Gasteiger partial charge in [-0.15, -0.1) is 0 Å². The monoisotopic (exact) mass is 359 g/mol. The Labute approximate surface area is 152 Å². The van der Waals surface area contributed by atoms with Crippen molar-refractivity contribution in [3.05, 3.63) is 41.6 Å². The Kier molecular flexibility index (Phi) is 5.29. The highest BCUT2D eigenvalue weighted by Crippen LogP contribution is 2.35. The molecule has 3 rings (SSSR count). The molecule has 1 aliphatic rings. The van der Waals surface area contributed by atoms with Gasteiger partial charge in [-0.1, -0.05) is 17.3 Å². The minimum Gasteiger partial charge on any atom is -0.497 e. The second kappa shape index (κ2) is 7.47. The third kappa shape index (κ3) is 3.89. The molecule has 26 heavy (non-hydrogen) atoms. The first kappa shape index (κ1) is 18.4. The molecule has 0 bridgehead atoms. The Morgan fingerprint density at radius 2 is 2.19 bits per heavy atom. The van der Waals surface area contributed by atoms with E-state index >= 15 is 0 Å². The van der Waals surface area contributed by atoms with Crippen molar-refractivity contribution < 1.29 is 19.2 Å². The smallest absolute Gasteiger partial charge is 0.240 e. The Hall–Kier alpha value is -2.38. The van der Waals surface area contributed by atoms with Gasteiger partial charge < -0.3 is 14.4 Å². The van der Waals surface area contributed by atoms with E-state index in [-0.39, 0.29) is 18.5 Å². The number of nitrogens with one attached hydrogen (secondary N) is 1. The zero-order valence-electron chi connectivity index (χ0n) is 15.4. The van der Waals surface area contributed by atoms with Crippen LogP contribution < -0.4 is 10.1 Å². The fraction of sp³-hybridized carbons (Fsp3) is 0.474. The van der Waals surface area contributed by atoms with Gasteiger partial charge in [0.2, 0.25) is 11.8 Å². The fourth-order valence-corrected chi connectivity index (χ4v) is 3.56. The second-order valence-corrected chi connectivity index (χ2v) is 6.89. The van der Waals surface area contributed by atoms with Crippen molar-refractivity contribution in [3.8, 4) is 5.75 Å². The summed E-state index contributed by atoms with van der Waals surface area (Å²) in [5.74, 6) is 0.901. The van der Waals surface area contributed by atoms with Crippen LogP contribution in [0.2, 0.25) is 0 Å². The molecule has 0 aliphatic carbocycles. The van der Waals surface area contributed by atoms with Gasteiger partial charge in [-0.3, -0.25) is 15.0 Å². The number of aryl methyl sites for hydroxylation is 1. The van der Waals surface area contributed by atoms with E-state index < -0.39 is 5.60 Å². The molecule has 140 valence electrons. The van der Waals surface area contributed by atoms with Crippen molar-refractivity contribution in [1.82, 2.24) is 10.1 Å². The topological polar surface area (TPSA) is 87.8 Å². The first-order valence-electron chi connectivity index (χ1n) is 8.74. The highest BCUT2D eigenvalue weighted by atomic mass is 16.5. The molecule has 2 atom stereocenters. The summed E-state index contributed by atoms with van der Waals surface area (Å²) in [5.41, 5.74) is 0.453. The number of anilines is 1. The number of amides is 1. The van der Waals surface area contributed by atoms with Crippen LogP contribution in [-0.4, -0.2) is 47.3 Å². The maximum absolute atomic E-state index is 12.3. The molecule has 0 unspecified atom stereocenters. The first-order valence-corrected chi connectivity index (χ1v) is 8.74. The highest BCUT2D eigenvalue weighted by Gasteiger charge is 2.41. The van der Waals surface area contributed by atoms with Crippen molar-refractivity contribution in [1.29, 1.82) is 0 Å². The van der Waals surface area contributed by atoms with E-state index in [9.17, 15) is 9.90 Å². The number of carbonyl (C=O) groups excluding carboxylic acids is 1. The Morgan fingerprint density at radius 1 is 1.46 bits per heavy atom. The molecule has 1 aromatic carbocycles. The number of ether oxygens (including phenoxy) is 1. The number of hydrogen-bond acceptors (Lipinski definition) is 6. The van der Waals surface area contributed by atoms with Gasteiger partial charge in [0.15, 0.2) is 0 Å².